The van der Waals surface area contributed by atoms with Crippen molar-refractivity contribution in [2.24, 2.45) is 0 Å². The summed E-state index contributed by atoms with van der Waals surface area (Å²) in [5, 5.41) is 19.0. The van der Waals surface area contributed by atoms with Gasteiger partial charge < -0.3 is 14.6 Å². The third-order valence-electron chi connectivity index (χ3n) is 1.85. The van der Waals surface area contributed by atoms with Gasteiger partial charge in [-0.1, -0.05) is 6.07 Å². The first-order valence-corrected chi connectivity index (χ1v) is 4.91. The molecule has 0 saturated heterocycles. The molecule has 0 atom stereocenters. The Labute approximate surface area is 96.7 Å². The number of benzene rings is 1. The molecule has 1 aromatic rings. The van der Waals surface area contributed by atoms with Gasteiger partial charge in [-0.3, -0.25) is 10.1 Å². The van der Waals surface area contributed by atoms with Gasteiger partial charge in [0.25, 0.3) is 0 Å². The number of nitrogens with zero attached hydrogens (tertiary/aromatic N) is 1. The monoisotopic (exact) mass is 245 g/mol. The van der Waals surface area contributed by atoms with Gasteiger partial charge >= 0.3 is 5.69 Å². The van der Waals surface area contributed by atoms with Crippen LogP contribution in [-0.2, 0) is 4.74 Å². The summed E-state index contributed by atoms with van der Waals surface area (Å²) in [7, 11) is 0. The normalized spacial score (nSPS) is 10.2. The Bertz CT molecular complexity index is 385. The van der Waals surface area contributed by atoms with Crippen molar-refractivity contribution in [3.8, 4) is 5.75 Å². The summed E-state index contributed by atoms with van der Waals surface area (Å²) in [5.74, 6) is -1.19. The maximum Gasteiger partial charge on any atom is 0.314 e. The minimum absolute atomic E-state index is 0.0260. The molecule has 1 N–H and O–H groups in total. The molecule has 7 heteroatoms. The van der Waals surface area contributed by atoms with Crippen LogP contribution >= 0.6 is 0 Å². The number of nitro groups is 1. The van der Waals surface area contributed by atoms with E-state index >= 15 is 0 Å². The van der Waals surface area contributed by atoms with Gasteiger partial charge in [-0.15, -0.1) is 0 Å². The summed E-state index contributed by atoms with van der Waals surface area (Å²) in [4.78, 5) is 9.89. The average Bonchev–Trinajstić information content (AvgIpc) is 2.30. The van der Waals surface area contributed by atoms with Crippen LogP contribution in [0.3, 0.4) is 0 Å². The van der Waals surface area contributed by atoms with Crippen LogP contribution in [0.15, 0.2) is 18.2 Å². The second-order valence-corrected chi connectivity index (χ2v) is 3.03. The summed E-state index contributed by atoms with van der Waals surface area (Å²) in [6, 6.07) is 3.48. The number of halogens is 1. The molecule has 94 valence electrons. The zero-order chi connectivity index (χ0) is 12.7. The molecule has 0 radical (unpaired) electrons. The standard InChI is InChI=1S/C10H12FNO5/c11-8-2-1-3-9(12(14)15)10(8)17-7-6-16-5-4-13/h1-3,13H,4-7H2. The molecular weight excluding hydrogens is 233 g/mol. The predicted octanol–water partition coefficient (Wildman–Crippen LogP) is 1.12. The minimum Gasteiger partial charge on any atom is -0.482 e. The number of nitro benzene ring substituents is 1. The van der Waals surface area contributed by atoms with Crippen molar-refractivity contribution in [2.75, 3.05) is 26.4 Å². The van der Waals surface area contributed by atoms with Crippen LogP contribution in [0, 0.1) is 15.9 Å². The summed E-state index contributed by atoms with van der Waals surface area (Å²) < 4.78 is 23.1. The lowest BCUT2D eigenvalue weighted by Gasteiger charge is -2.07. The molecule has 0 aliphatic rings. The Balaban J connectivity index is 2.60. The molecule has 0 spiro atoms. The van der Waals surface area contributed by atoms with Crippen LogP contribution in [0.25, 0.3) is 0 Å². The van der Waals surface area contributed by atoms with Crippen LogP contribution in [0.4, 0.5) is 10.1 Å². The molecule has 0 heterocycles. The van der Waals surface area contributed by atoms with Crippen LogP contribution in [0.1, 0.15) is 0 Å². The SMILES string of the molecule is O=[N+]([O-])c1cccc(F)c1OCCOCCO. The van der Waals surface area contributed by atoms with E-state index in [-0.39, 0.29) is 26.4 Å². The molecule has 0 unspecified atom stereocenters. The van der Waals surface area contributed by atoms with E-state index in [0.29, 0.717) is 0 Å². The number of hydrogen-bond donors (Lipinski definition) is 1. The number of rotatable bonds is 7. The van der Waals surface area contributed by atoms with Gasteiger partial charge in [-0.05, 0) is 6.07 Å². The van der Waals surface area contributed by atoms with E-state index in [9.17, 15) is 14.5 Å². The highest BCUT2D eigenvalue weighted by Crippen LogP contribution is 2.29. The van der Waals surface area contributed by atoms with Crippen molar-refractivity contribution in [1.29, 1.82) is 0 Å². The number of aliphatic hydroxyl groups is 1. The fourth-order valence-corrected chi connectivity index (χ4v) is 1.15. The van der Waals surface area contributed by atoms with Crippen LogP contribution in [0.2, 0.25) is 0 Å². The largest absolute Gasteiger partial charge is 0.482 e. The van der Waals surface area contributed by atoms with Crippen molar-refractivity contribution in [3.63, 3.8) is 0 Å². The second-order valence-electron chi connectivity index (χ2n) is 3.03. The average molecular weight is 245 g/mol. The molecule has 17 heavy (non-hydrogen) atoms. The van der Waals surface area contributed by atoms with Crippen molar-refractivity contribution in [1.82, 2.24) is 0 Å². The van der Waals surface area contributed by atoms with Gasteiger partial charge in [0.05, 0.1) is 24.7 Å². The van der Waals surface area contributed by atoms with Crippen LogP contribution in [-0.4, -0.2) is 36.5 Å². The van der Waals surface area contributed by atoms with Gasteiger partial charge in [-0.25, -0.2) is 4.39 Å². The molecule has 0 bridgehead atoms. The topological polar surface area (TPSA) is 81.8 Å². The summed E-state index contributed by atoms with van der Waals surface area (Å²) >= 11 is 0. The zero-order valence-corrected chi connectivity index (χ0v) is 8.97. The van der Waals surface area contributed by atoms with Crippen molar-refractivity contribution in [3.05, 3.63) is 34.1 Å². The Morgan fingerprint density at radius 1 is 1.35 bits per heavy atom. The first-order valence-electron chi connectivity index (χ1n) is 4.91. The minimum atomic E-state index is -0.790. The highest BCUT2D eigenvalue weighted by atomic mass is 19.1. The van der Waals surface area contributed by atoms with Crippen molar-refractivity contribution in [2.45, 2.75) is 0 Å². The fourth-order valence-electron chi connectivity index (χ4n) is 1.15. The molecule has 1 rings (SSSR count). The lowest BCUT2D eigenvalue weighted by Crippen LogP contribution is -2.10. The fraction of sp³-hybridized carbons (Fsp3) is 0.400. The third kappa shape index (κ3) is 3.97. The Hall–Kier alpha value is -1.73. The molecule has 0 aromatic heterocycles. The number of hydrogen-bond acceptors (Lipinski definition) is 5. The maximum absolute atomic E-state index is 13.3. The van der Waals surface area contributed by atoms with Gasteiger partial charge in [-0.2, -0.15) is 0 Å². The van der Waals surface area contributed by atoms with Gasteiger partial charge in [0.15, 0.2) is 5.82 Å². The van der Waals surface area contributed by atoms with E-state index < -0.39 is 22.2 Å². The lowest BCUT2D eigenvalue weighted by molar-refractivity contribution is -0.386. The highest BCUT2D eigenvalue weighted by molar-refractivity contribution is 5.46. The maximum atomic E-state index is 13.3. The summed E-state index contributed by atoms with van der Waals surface area (Å²) in [6.45, 7) is 0.108. The molecule has 1 aromatic carbocycles. The van der Waals surface area contributed by atoms with Crippen molar-refractivity contribution < 1.29 is 23.9 Å². The lowest BCUT2D eigenvalue weighted by atomic mass is 10.3. The van der Waals surface area contributed by atoms with Gasteiger partial charge in [0.1, 0.15) is 6.61 Å². The predicted molar refractivity (Wildman–Crippen MR) is 56.5 cm³/mol. The van der Waals surface area contributed by atoms with Gasteiger partial charge in [0.2, 0.25) is 5.75 Å². The first kappa shape index (κ1) is 13.3. The van der Waals surface area contributed by atoms with E-state index in [4.69, 9.17) is 14.6 Å². The van der Waals surface area contributed by atoms with Crippen molar-refractivity contribution >= 4 is 5.69 Å². The molecule has 6 nitrogen and oxygen atoms in total. The number of aliphatic hydroxyl groups excluding tert-OH is 1. The highest BCUT2D eigenvalue weighted by Gasteiger charge is 2.18. The molecular formula is C10H12FNO5. The molecule has 0 saturated carbocycles. The van der Waals surface area contributed by atoms with E-state index in [2.05, 4.69) is 0 Å². The Kier molecular flexibility index (Phi) is 5.31. The quantitative estimate of drug-likeness (QED) is 0.442. The number of ether oxygens (including phenoxy) is 2. The molecule has 0 fully saturated rings. The van der Waals surface area contributed by atoms with Gasteiger partial charge in [0, 0.05) is 6.07 Å². The molecule has 0 amide bonds. The summed E-state index contributed by atoms with van der Waals surface area (Å²) in [5.41, 5.74) is -0.424. The van der Waals surface area contributed by atoms with E-state index in [1.54, 1.807) is 0 Å². The van der Waals surface area contributed by atoms with E-state index in [0.717, 1.165) is 12.1 Å². The Morgan fingerprint density at radius 2 is 2.12 bits per heavy atom. The smallest absolute Gasteiger partial charge is 0.314 e. The first-order chi connectivity index (χ1) is 8.16. The zero-order valence-electron chi connectivity index (χ0n) is 8.97. The molecule has 0 aliphatic carbocycles. The van der Waals surface area contributed by atoms with Crippen LogP contribution < -0.4 is 4.74 Å². The molecule has 0 aliphatic heterocycles. The van der Waals surface area contributed by atoms with E-state index in [1.807, 2.05) is 0 Å². The second kappa shape index (κ2) is 6.77. The third-order valence-corrected chi connectivity index (χ3v) is 1.85. The van der Waals surface area contributed by atoms with Crippen LogP contribution in [0.5, 0.6) is 5.75 Å². The van der Waals surface area contributed by atoms with E-state index in [1.165, 1.54) is 6.07 Å². The summed E-state index contributed by atoms with van der Waals surface area (Å²) in [6.07, 6.45) is 0. The Morgan fingerprint density at radius 3 is 2.76 bits per heavy atom. The number of para-hydroxylation sites is 1.